The molecule has 27 heavy (non-hydrogen) atoms. The number of nitrogens with one attached hydrogen (secondary N) is 2. The molecule has 146 valence electrons. The number of aryl methyl sites for hydroxylation is 1. The molecule has 0 aliphatic heterocycles. The van der Waals surface area contributed by atoms with Crippen LogP contribution < -0.4 is 10.6 Å². The number of hydrogen-bond acceptors (Lipinski definition) is 3. The number of carbonyl (C=O) groups excluding carboxylic acids is 1. The zero-order chi connectivity index (χ0) is 18.9. The predicted octanol–water partition coefficient (Wildman–Crippen LogP) is 2.97. The lowest BCUT2D eigenvalue weighted by molar-refractivity contribution is 0.0827. The van der Waals surface area contributed by atoms with Gasteiger partial charge in [0.15, 0.2) is 5.96 Å². The maximum atomic E-state index is 11.9. The van der Waals surface area contributed by atoms with Crippen LogP contribution in [0.25, 0.3) is 0 Å². The van der Waals surface area contributed by atoms with E-state index in [1.165, 1.54) is 0 Å². The minimum Gasteiger partial charge on any atom is -0.357 e. The first-order valence-corrected chi connectivity index (χ1v) is 8.75. The van der Waals surface area contributed by atoms with Gasteiger partial charge in [0.1, 0.15) is 0 Å². The maximum absolute atomic E-state index is 11.9. The van der Waals surface area contributed by atoms with Crippen LogP contribution in [0.2, 0.25) is 0 Å². The summed E-state index contributed by atoms with van der Waals surface area (Å²) >= 11 is 0. The van der Waals surface area contributed by atoms with Crippen molar-refractivity contribution in [3.8, 4) is 0 Å². The average Bonchev–Trinajstić information content (AvgIpc) is 2.64. The molecule has 1 amide bonds. The van der Waals surface area contributed by atoms with E-state index in [0.717, 1.165) is 29.5 Å². The van der Waals surface area contributed by atoms with Gasteiger partial charge in [-0.05, 0) is 43.7 Å². The first-order chi connectivity index (χ1) is 12.5. The molecule has 1 heterocycles. The number of benzene rings is 1. The van der Waals surface area contributed by atoms with E-state index >= 15 is 0 Å². The molecule has 7 heteroatoms. The van der Waals surface area contributed by atoms with E-state index in [2.05, 4.69) is 20.6 Å². The Bertz CT molecular complexity index is 759. The molecule has 1 aromatic heterocycles. The van der Waals surface area contributed by atoms with Crippen LogP contribution in [0.5, 0.6) is 0 Å². The average molecular weight is 481 g/mol. The largest absolute Gasteiger partial charge is 0.357 e. The van der Waals surface area contributed by atoms with E-state index in [1.807, 2.05) is 56.3 Å². The molecule has 2 aromatic rings. The number of hydrogen-bond donors (Lipinski definition) is 2. The molecule has 0 spiro atoms. The lowest BCUT2D eigenvalue weighted by Crippen LogP contribution is -2.37. The van der Waals surface area contributed by atoms with Crippen LogP contribution in [-0.2, 0) is 13.1 Å². The Hall–Kier alpha value is -2.16. The van der Waals surface area contributed by atoms with Gasteiger partial charge >= 0.3 is 0 Å². The van der Waals surface area contributed by atoms with E-state index in [-0.39, 0.29) is 29.9 Å². The first kappa shape index (κ1) is 22.9. The van der Waals surface area contributed by atoms with Crippen LogP contribution in [0, 0.1) is 6.92 Å². The summed E-state index contributed by atoms with van der Waals surface area (Å²) in [5.74, 6) is 0.741. The molecule has 0 bridgehead atoms. The van der Waals surface area contributed by atoms with E-state index in [9.17, 15) is 4.79 Å². The number of aliphatic imine (C=N–C) groups is 1. The predicted molar refractivity (Wildman–Crippen MR) is 121 cm³/mol. The summed E-state index contributed by atoms with van der Waals surface area (Å²) < 4.78 is 0. The van der Waals surface area contributed by atoms with Crippen LogP contribution >= 0.6 is 24.0 Å². The Morgan fingerprint density at radius 3 is 2.41 bits per heavy atom. The van der Waals surface area contributed by atoms with Crippen molar-refractivity contribution in [1.29, 1.82) is 0 Å². The Morgan fingerprint density at radius 1 is 1.11 bits per heavy atom. The molecule has 0 radical (unpaired) electrons. The van der Waals surface area contributed by atoms with Crippen molar-refractivity contribution in [1.82, 2.24) is 20.5 Å². The molecule has 6 nitrogen and oxygen atoms in total. The zero-order valence-electron chi connectivity index (χ0n) is 16.3. The molecule has 0 fully saturated rings. The molecule has 0 saturated carbocycles. The standard InChI is InChI=1S/C20H27N5O.HI/c1-5-21-20(23-14-18-8-6-7-15(2)24-18)22-13-16-9-11-17(12-10-16)19(26)25(3)4;/h6-12H,5,13-14H2,1-4H3,(H2,21,22,23);1H. The molecule has 0 aliphatic rings. The highest BCUT2D eigenvalue weighted by molar-refractivity contribution is 14.0. The highest BCUT2D eigenvalue weighted by Gasteiger charge is 2.07. The second-order valence-electron chi connectivity index (χ2n) is 6.22. The summed E-state index contributed by atoms with van der Waals surface area (Å²) in [4.78, 5) is 22.6. The fraction of sp³-hybridized carbons (Fsp3) is 0.350. The van der Waals surface area contributed by atoms with E-state index in [0.29, 0.717) is 18.7 Å². The lowest BCUT2D eigenvalue weighted by Gasteiger charge is -2.12. The number of nitrogens with zero attached hydrogens (tertiary/aromatic N) is 3. The van der Waals surface area contributed by atoms with Gasteiger partial charge in [0.2, 0.25) is 0 Å². The third kappa shape index (κ3) is 7.54. The maximum Gasteiger partial charge on any atom is 0.253 e. The van der Waals surface area contributed by atoms with Gasteiger partial charge in [0.05, 0.1) is 18.8 Å². The second-order valence-corrected chi connectivity index (χ2v) is 6.22. The highest BCUT2D eigenvalue weighted by Crippen LogP contribution is 2.07. The van der Waals surface area contributed by atoms with Gasteiger partial charge in [-0.1, -0.05) is 18.2 Å². The molecule has 1 aromatic carbocycles. The molecule has 0 aliphatic carbocycles. The quantitative estimate of drug-likeness (QED) is 0.378. The third-order valence-corrected chi connectivity index (χ3v) is 3.75. The summed E-state index contributed by atoms with van der Waals surface area (Å²) in [7, 11) is 3.50. The number of pyridine rings is 1. The van der Waals surface area contributed by atoms with Crippen LogP contribution in [0.4, 0.5) is 0 Å². The van der Waals surface area contributed by atoms with Gasteiger partial charge in [-0.3, -0.25) is 9.78 Å². The van der Waals surface area contributed by atoms with E-state index in [1.54, 1.807) is 19.0 Å². The number of guanidine groups is 1. The molecule has 0 atom stereocenters. The van der Waals surface area contributed by atoms with Crippen LogP contribution in [-0.4, -0.2) is 42.4 Å². The zero-order valence-corrected chi connectivity index (χ0v) is 18.7. The number of carbonyl (C=O) groups is 1. The van der Waals surface area contributed by atoms with Crippen molar-refractivity contribution >= 4 is 35.8 Å². The second kappa shape index (κ2) is 11.5. The van der Waals surface area contributed by atoms with E-state index < -0.39 is 0 Å². The van der Waals surface area contributed by atoms with Crippen molar-refractivity contribution in [2.45, 2.75) is 26.9 Å². The molecule has 0 saturated heterocycles. The van der Waals surface area contributed by atoms with Gasteiger partial charge < -0.3 is 15.5 Å². The number of amides is 1. The fourth-order valence-corrected chi connectivity index (χ4v) is 2.40. The smallest absolute Gasteiger partial charge is 0.253 e. The van der Waals surface area contributed by atoms with Crippen LogP contribution in [0.15, 0.2) is 47.5 Å². The van der Waals surface area contributed by atoms with Crippen molar-refractivity contribution in [2.75, 3.05) is 20.6 Å². The summed E-state index contributed by atoms with van der Waals surface area (Å²) in [5, 5.41) is 6.53. The highest BCUT2D eigenvalue weighted by atomic mass is 127. The Kier molecular flexibility index (Phi) is 9.77. The van der Waals surface area contributed by atoms with Crippen LogP contribution in [0.3, 0.4) is 0 Å². The first-order valence-electron chi connectivity index (χ1n) is 8.75. The van der Waals surface area contributed by atoms with Gasteiger partial charge in [-0.25, -0.2) is 4.99 Å². The van der Waals surface area contributed by atoms with Gasteiger partial charge in [0, 0.05) is 31.9 Å². The number of rotatable bonds is 6. The Labute approximate surface area is 178 Å². The topological polar surface area (TPSA) is 69.6 Å². The van der Waals surface area contributed by atoms with Crippen molar-refractivity contribution < 1.29 is 4.79 Å². The van der Waals surface area contributed by atoms with Gasteiger partial charge in [-0.15, -0.1) is 24.0 Å². The summed E-state index contributed by atoms with van der Waals surface area (Å²) in [5.41, 5.74) is 3.70. The van der Waals surface area contributed by atoms with Crippen LogP contribution in [0.1, 0.15) is 34.2 Å². The Balaban J connectivity index is 0.00000364. The summed E-state index contributed by atoms with van der Waals surface area (Å²) in [6.45, 7) is 5.94. The summed E-state index contributed by atoms with van der Waals surface area (Å²) in [6.07, 6.45) is 0. The normalized spacial score (nSPS) is 10.7. The molecule has 0 unspecified atom stereocenters. The van der Waals surface area contributed by atoms with Crippen molar-refractivity contribution in [3.05, 3.63) is 65.0 Å². The monoisotopic (exact) mass is 481 g/mol. The third-order valence-electron chi connectivity index (χ3n) is 3.75. The van der Waals surface area contributed by atoms with E-state index in [4.69, 9.17) is 0 Å². The fourth-order valence-electron chi connectivity index (χ4n) is 2.40. The summed E-state index contributed by atoms with van der Waals surface area (Å²) in [6, 6.07) is 13.5. The van der Waals surface area contributed by atoms with Gasteiger partial charge in [-0.2, -0.15) is 0 Å². The minimum atomic E-state index is 0. The molecule has 2 N–H and O–H groups in total. The number of aromatic nitrogens is 1. The molecular formula is C20H28IN5O. The van der Waals surface area contributed by atoms with Crippen molar-refractivity contribution in [2.24, 2.45) is 4.99 Å². The number of halogens is 1. The SMILES string of the molecule is CCNC(=NCc1ccc(C(=O)N(C)C)cc1)NCc1cccc(C)n1.I. The van der Waals surface area contributed by atoms with Gasteiger partial charge in [0.25, 0.3) is 5.91 Å². The van der Waals surface area contributed by atoms with Crippen molar-refractivity contribution in [3.63, 3.8) is 0 Å². The Morgan fingerprint density at radius 2 is 1.81 bits per heavy atom. The molecule has 2 rings (SSSR count). The lowest BCUT2D eigenvalue weighted by atomic mass is 10.1. The molecular weight excluding hydrogens is 453 g/mol. The minimum absolute atomic E-state index is 0.